The Kier molecular flexibility index (Phi) is 4.44. The first kappa shape index (κ1) is 13.2. The smallest absolute Gasteiger partial charge is 0.124 e. The van der Waals surface area contributed by atoms with Gasteiger partial charge in [-0.2, -0.15) is 0 Å². The predicted octanol–water partition coefficient (Wildman–Crippen LogP) is 3.76. The van der Waals surface area contributed by atoms with Crippen LogP contribution in [0.15, 0.2) is 23.6 Å². The summed E-state index contributed by atoms with van der Waals surface area (Å²) in [4.78, 5) is 4.52. The summed E-state index contributed by atoms with van der Waals surface area (Å²) in [5.74, 6) is -0.203. The van der Waals surface area contributed by atoms with Crippen molar-refractivity contribution < 1.29 is 4.39 Å². The maximum absolute atomic E-state index is 13.3. The van der Waals surface area contributed by atoms with E-state index in [1.165, 1.54) is 12.1 Å². The number of nitrogens with zero attached hydrogens (tertiary/aromatic N) is 1. The number of nitrogens with one attached hydrogen (secondary N) is 1. The summed E-state index contributed by atoms with van der Waals surface area (Å²) >= 11 is 1.56. The fourth-order valence-corrected chi connectivity index (χ4v) is 2.58. The van der Waals surface area contributed by atoms with E-state index in [9.17, 15) is 4.39 Å². The standard InChI is InChI=1S/C14H17FN2S/c1-3-4-16-8-13-9-18-14(17-13)11-5-10(2)6-12(15)7-11/h5-7,9,16H,3-4,8H2,1-2H3. The summed E-state index contributed by atoms with van der Waals surface area (Å²) in [6.07, 6.45) is 1.11. The highest BCUT2D eigenvalue weighted by molar-refractivity contribution is 7.13. The molecular weight excluding hydrogens is 247 g/mol. The fourth-order valence-electron chi connectivity index (χ4n) is 1.77. The van der Waals surface area contributed by atoms with Gasteiger partial charge in [0.2, 0.25) is 0 Å². The van der Waals surface area contributed by atoms with Gasteiger partial charge in [-0.1, -0.05) is 6.92 Å². The molecule has 0 unspecified atom stereocenters. The Balaban J connectivity index is 2.13. The molecule has 0 saturated carbocycles. The number of aryl methyl sites for hydroxylation is 1. The zero-order valence-electron chi connectivity index (χ0n) is 10.7. The second-order valence-corrected chi connectivity index (χ2v) is 5.20. The molecule has 1 aromatic carbocycles. The summed E-state index contributed by atoms with van der Waals surface area (Å²) in [6, 6.07) is 5.03. The van der Waals surface area contributed by atoms with E-state index in [4.69, 9.17) is 0 Å². The average molecular weight is 264 g/mol. The molecule has 2 rings (SSSR count). The first-order valence-corrected chi connectivity index (χ1v) is 6.99. The van der Waals surface area contributed by atoms with Gasteiger partial charge in [-0.15, -0.1) is 11.3 Å². The van der Waals surface area contributed by atoms with Crippen LogP contribution in [0, 0.1) is 12.7 Å². The summed E-state index contributed by atoms with van der Waals surface area (Å²) in [5, 5.41) is 6.22. The van der Waals surface area contributed by atoms with E-state index in [0.29, 0.717) is 0 Å². The van der Waals surface area contributed by atoms with Gasteiger partial charge in [0, 0.05) is 17.5 Å². The number of thiazole rings is 1. The highest BCUT2D eigenvalue weighted by atomic mass is 32.1. The van der Waals surface area contributed by atoms with Crippen LogP contribution in [-0.2, 0) is 6.54 Å². The second-order valence-electron chi connectivity index (χ2n) is 4.34. The first-order valence-electron chi connectivity index (χ1n) is 6.11. The van der Waals surface area contributed by atoms with Crippen molar-refractivity contribution in [3.05, 3.63) is 40.7 Å². The van der Waals surface area contributed by atoms with Crippen LogP contribution in [0.5, 0.6) is 0 Å². The van der Waals surface area contributed by atoms with Crippen molar-refractivity contribution in [2.45, 2.75) is 26.8 Å². The third kappa shape index (κ3) is 3.37. The van der Waals surface area contributed by atoms with Crippen LogP contribution in [0.25, 0.3) is 10.6 Å². The zero-order chi connectivity index (χ0) is 13.0. The van der Waals surface area contributed by atoms with Crippen molar-refractivity contribution in [1.82, 2.24) is 10.3 Å². The Bertz CT molecular complexity index is 502. The number of aromatic nitrogens is 1. The zero-order valence-corrected chi connectivity index (χ0v) is 11.5. The molecule has 0 spiro atoms. The van der Waals surface area contributed by atoms with Gasteiger partial charge < -0.3 is 5.32 Å². The van der Waals surface area contributed by atoms with Crippen molar-refractivity contribution in [1.29, 1.82) is 0 Å². The van der Waals surface area contributed by atoms with E-state index < -0.39 is 0 Å². The lowest BCUT2D eigenvalue weighted by Crippen LogP contribution is -2.13. The van der Waals surface area contributed by atoms with E-state index in [2.05, 4.69) is 17.2 Å². The minimum atomic E-state index is -0.203. The number of hydrogen-bond acceptors (Lipinski definition) is 3. The molecule has 0 saturated heterocycles. The van der Waals surface area contributed by atoms with Crippen molar-refractivity contribution in [2.75, 3.05) is 6.54 Å². The van der Waals surface area contributed by atoms with E-state index >= 15 is 0 Å². The number of benzene rings is 1. The van der Waals surface area contributed by atoms with Crippen molar-refractivity contribution in [2.24, 2.45) is 0 Å². The number of halogens is 1. The molecule has 1 heterocycles. The van der Waals surface area contributed by atoms with Crippen LogP contribution >= 0.6 is 11.3 Å². The van der Waals surface area contributed by atoms with Gasteiger partial charge in [-0.05, 0) is 43.7 Å². The lowest BCUT2D eigenvalue weighted by atomic mass is 10.1. The minimum absolute atomic E-state index is 0.203. The highest BCUT2D eigenvalue weighted by Crippen LogP contribution is 2.25. The van der Waals surface area contributed by atoms with Gasteiger partial charge in [0.05, 0.1) is 5.69 Å². The summed E-state index contributed by atoms with van der Waals surface area (Å²) in [6.45, 7) is 5.80. The molecule has 1 aromatic heterocycles. The third-order valence-electron chi connectivity index (χ3n) is 2.57. The van der Waals surface area contributed by atoms with Crippen LogP contribution in [-0.4, -0.2) is 11.5 Å². The Morgan fingerprint density at radius 2 is 2.17 bits per heavy atom. The molecule has 0 aliphatic carbocycles. The predicted molar refractivity (Wildman–Crippen MR) is 74.2 cm³/mol. The molecule has 2 aromatic rings. The molecule has 18 heavy (non-hydrogen) atoms. The van der Waals surface area contributed by atoms with Crippen molar-refractivity contribution in [3.8, 4) is 10.6 Å². The lowest BCUT2D eigenvalue weighted by Gasteiger charge is -2.00. The molecule has 0 aliphatic rings. The Hall–Kier alpha value is -1.26. The van der Waals surface area contributed by atoms with E-state index in [-0.39, 0.29) is 5.82 Å². The highest BCUT2D eigenvalue weighted by Gasteiger charge is 2.06. The normalized spacial score (nSPS) is 10.8. The minimum Gasteiger partial charge on any atom is -0.311 e. The van der Waals surface area contributed by atoms with Crippen LogP contribution < -0.4 is 5.32 Å². The first-order chi connectivity index (χ1) is 8.69. The van der Waals surface area contributed by atoms with Gasteiger partial charge in [-0.25, -0.2) is 9.37 Å². The van der Waals surface area contributed by atoms with Crippen molar-refractivity contribution in [3.63, 3.8) is 0 Å². The van der Waals surface area contributed by atoms with E-state index in [1.807, 2.05) is 18.4 Å². The van der Waals surface area contributed by atoms with E-state index in [1.54, 1.807) is 11.3 Å². The van der Waals surface area contributed by atoms with Gasteiger partial charge in [-0.3, -0.25) is 0 Å². The average Bonchev–Trinajstić information content (AvgIpc) is 2.77. The molecule has 0 fully saturated rings. The summed E-state index contributed by atoms with van der Waals surface area (Å²) < 4.78 is 13.3. The Morgan fingerprint density at radius 3 is 2.89 bits per heavy atom. The molecule has 0 bridgehead atoms. The largest absolute Gasteiger partial charge is 0.311 e. The van der Waals surface area contributed by atoms with Crippen LogP contribution in [0.3, 0.4) is 0 Å². The Morgan fingerprint density at radius 1 is 1.33 bits per heavy atom. The quantitative estimate of drug-likeness (QED) is 0.832. The molecule has 0 amide bonds. The molecule has 1 N–H and O–H groups in total. The van der Waals surface area contributed by atoms with Gasteiger partial charge in [0.25, 0.3) is 0 Å². The summed E-state index contributed by atoms with van der Waals surface area (Å²) in [5.41, 5.74) is 2.80. The Labute approximate surface area is 111 Å². The second kappa shape index (κ2) is 6.07. The molecule has 4 heteroatoms. The van der Waals surface area contributed by atoms with Crippen LogP contribution in [0.4, 0.5) is 4.39 Å². The molecule has 96 valence electrons. The third-order valence-corrected chi connectivity index (χ3v) is 3.51. The van der Waals surface area contributed by atoms with Gasteiger partial charge in [0.15, 0.2) is 0 Å². The topological polar surface area (TPSA) is 24.9 Å². The van der Waals surface area contributed by atoms with Crippen LogP contribution in [0.1, 0.15) is 24.6 Å². The number of rotatable bonds is 5. The molecule has 0 atom stereocenters. The fraction of sp³-hybridized carbons (Fsp3) is 0.357. The SMILES string of the molecule is CCCNCc1csc(-c2cc(C)cc(F)c2)n1. The molecule has 0 radical (unpaired) electrons. The maximum atomic E-state index is 13.3. The van der Waals surface area contributed by atoms with Crippen molar-refractivity contribution >= 4 is 11.3 Å². The van der Waals surface area contributed by atoms with Gasteiger partial charge >= 0.3 is 0 Å². The van der Waals surface area contributed by atoms with E-state index in [0.717, 1.165) is 41.3 Å². The van der Waals surface area contributed by atoms with Gasteiger partial charge in [0.1, 0.15) is 10.8 Å². The summed E-state index contributed by atoms with van der Waals surface area (Å²) in [7, 11) is 0. The number of hydrogen-bond donors (Lipinski definition) is 1. The molecule has 2 nitrogen and oxygen atoms in total. The lowest BCUT2D eigenvalue weighted by molar-refractivity contribution is 0.627. The van der Waals surface area contributed by atoms with Crippen LogP contribution in [0.2, 0.25) is 0 Å². The molecule has 0 aliphatic heterocycles. The maximum Gasteiger partial charge on any atom is 0.124 e. The monoisotopic (exact) mass is 264 g/mol. The molecular formula is C14H17FN2S.